The van der Waals surface area contributed by atoms with Crippen LogP contribution in [0, 0.1) is 13.8 Å². The van der Waals surface area contributed by atoms with E-state index < -0.39 is 16.1 Å². The van der Waals surface area contributed by atoms with Crippen LogP contribution in [0.2, 0.25) is 0 Å². The van der Waals surface area contributed by atoms with E-state index in [0.29, 0.717) is 29.5 Å². The molecule has 9 heteroatoms. The summed E-state index contributed by atoms with van der Waals surface area (Å²) in [5.74, 6) is 1.52. The molecule has 0 saturated heterocycles. The summed E-state index contributed by atoms with van der Waals surface area (Å²) in [6.07, 6.45) is -0.744. The fourth-order valence-corrected chi connectivity index (χ4v) is 4.83. The number of amides is 1. The first kappa shape index (κ1) is 24.4. The average Bonchev–Trinajstić information content (AvgIpc) is 3.32. The van der Waals surface area contributed by atoms with Crippen molar-refractivity contribution in [3.8, 4) is 17.2 Å². The molecule has 0 aromatic heterocycles. The first-order valence-corrected chi connectivity index (χ1v) is 12.6. The van der Waals surface area contributed by atoms with E-state index in [1.807, 2.05) is 32.0 Å². The van der Waals surface area contributed by atoms with Crippen molar-refractivity contribution in [3.05, 3.63) is 77.4 Å². The average molecular weight is 497 g/mol. The van der Waals surface area contributed by atoms with Crippen molar-refractivity contribution in [3.63, 3.8) is 0 Å². The predicted molar refractivity (Wildman–Crippen MR) is 132 cm³/mol. The highest BCUT2D eigenvalue weighted by molar-refractivity contribution is 7.92. The van der Waals surface area contributed by atoms with E-state index in [-0.39, 0.29) is 17.6 Å². The third-order valence-corrected chi connectivity index (χ3v) is 7.70. The highest BCUT2D eigenvalue weighted by atomic mass is 32.2. The fraction of sp³-hybridized carbons (Fsp3) is 0.269. The molecule has 0 radical (unpaired) electrons. The molecule has 3 aromatic rings. The summed E-state index contributed by atoms with van der Waals surface area (Å²) in [5, 5.41) is 2.84. The molecule has 184 valence electrons. The van der Waals surface area contributed by atoms with Gasteiger partial charge < -0.3 is 19.5 Å². The Morgan fingerprint density at radius 2 is 1.71 bits per heavy atom. The van der Waals surface area contributed by atoms with Gasteiger partial charge in [0.15, 0.2) is 17.6 Å². The van der Waals surface area contributed by atoms with Gasteiger partial charge in [-0.2, -0.15) is 0 Å². The highest BCUT2D eigenvalue weighted by Gasteiger charge is 2.22. The lowest BCUT2D eigenvalue weighted by atomic mass is 10.1. The summed E-state index contributed by atoms with van der Waals surface area (Å²) >= 11 is 0. The van der Waals surface area contributed by atoms with Gasteiger partial charge in [-0.3, -0.25) is 9.10 Å². The number of ether oxygens (including phenoxy) is 3. The fourth-order valence-electron chi connectivity index (χ4n) is 3.55. The molecule has 1 aliphatic rings. The Kier molecular flexibility index (Phi) is 6.88. The first-order valence-electron chi connectivity index (χ1n) is 11.1. The zero-order valence-corrected chi connectivity index (χ0v) is 20.9. The lowest BCUT2D eigenvalue weighted by molar-refractivity contribution is -0.127. The minimum atomic E-state index is -3.71. The predicted octanol–water partition coefficient (Wildman–Crippen LogP) is 3.94. The van der Waals surface area contributed by atoms with Crippen LogP contribution in [-0.4, -0.2) is 34.3 Å². The molecule has 1 atom stereocenters. The lowest BCUT2D eigenvalue weighted by Crippen LogP contribution is -2.35. The topological polar surface area (TPSA) is 94.2 Å². The van der Waals surface area contributed by atoms with Gasteiger partial charge in [-0.05, 0) is 86.0 Å². The van der Waals surface area contributed by atoms with Gasteiger partial charge in [0.05, 0.1) is 10.6 Å². The third-order valence-electron chi connectivity index (χ3n) is 5.92. The first-order chi connectivity index (χ1) is 16.6. The van der Waals surface area contributed by atoms with E-state index in [1.54, 1.807) is 49.4 Å². The Hall–Kier alpha value is -3.72. The number of fused-ring (bicyclic) bond motifs is 1. The van der Waals surface area contributed by atoms with Crippen LogP contribution in [0.15, 0.2) is 65.6 Å². The van der Waals surface area contributed by atoms with Gasteiger partial charge in [0, 0.05) is 13.6 Å². The second kappa shape index (κ2) is 9.87. The van der Waals surface area contributed by atoms with Gasteiger partial charge in [-0.15, -0.1) is 0 Å². The molecule has 1 N–H and O–H groups in total. The van der Waals surface area contributed by atoms with Gasteiger partial charge in [-0.1, -0.05) is 12.1 Å². The molecular formula is C26H28N2O6S. The minimum Gasteiger partial charge on any atom is -0.481 e. The zero-order valence-electron chi connectivity index (χ0n) is 20.1. The van der Waals surface area contributed by atoms with Crippen LogP contribution in [-0.2, 0) is 21.4 Å². The lowest BCUT2D eigenvalue weighted by Gasteiger charge is -2.21. The smallest absolute Gasteiger partial charge is 0.264 e. The van der Waals surface area contributed by atoms with E-state index in [4.69, 9.17) is 14.2 Å². The van der Waals surface area contributed by atoms with Crippen LogP contribution in [0.5, 0.6) is 17.2 Å². The maximum atomic E-state index is 13.0. The SMILES string of the molecule is Cc1ccc(S(=O)(=O)N(C)c2ccc(OC(C)C(=O)NCc3ccc4c(c3)OCO4)cc2)cc1C. The van der Waals surface area contributed by atoms with Crippen LogP contribution in [0.3, 0.4) is 0 Å². The number of carbonyl (C=O) groups is 1. The Labute approximate surface area is 205 Å². The van der Waals surface area contributed by atoms with Crippen molar-refractivity contribution >= 4 is 21.6 Å². The number of hydrogen-bond acceptors (Lipinski definition) is 6. The molecule has 1 unspecified atom stereocenters. The number of anilines is 1. The second-order valence-corrected chi connectivity index (χ2v) is 10.3. The maximum absolute atomic E-state index is 13.0. The largest absolute Gasteiger partial charge is 0.481 e. The number of benzene rings is 3. The molecule has 0 bridgehead atoms. The molecule has 4 rings (SSSR count). The van der Waals surface area contributed by atoms with Crippen molar-refractivity contribution < 1.29 is 27.4 Å². The van der Waals surface area contributed by atoms with E-state index >= 15 is 0 Å². The van der Waals surface area contributed by atoms with Crippen molar-refractivity contribution in [2.24, 2.45) is 0 Å². The minimum absolute atomic E-state index is 0.197. The van der Waals surface area contributed by atoms with E-state index in [1.165, 1.54) is 11.4 Å². The molecule has 1 amide bonds. The molecule has 0 saturated carbocycles. The molecule has 1 aliphatic heterocycles. The Morgan fingerprint density at radius 3 is 2.43 bits per heavy atom. The molecular weight excluding hydrogens is 468 g/mol. The van der Waals surface area contributed by atoms with Gasteiger partial charge in [0.2, 0.25) is 6.79 Å². The van der Waals surface area contributed by atoms with E-state index in [9.17, 15) is 13.2 Å². The number of nitrogens with zero attached hydrogens (tertiary/aromatic N) is 1. The van der Waals surface area contributed by atoms with Crippen molar-refractivity contribution in [2.45, 2.75) is 38.3 Å². The van der Waals surface area contributed by atoms with E-state index in [2.05, 4.69) is 5.32 Å². The second-order valence-electron chi connectivity index (χ2n) is 8.38. The quantitative estimate of drug-likeness (QED) is 0.508. The van der Waals surface area contributed by atoms with E-state index in [0.717, 1.165) is 16.7 Å². The monoisotopic (exact) mass is 496 g/mol. The molecule has 0 aliphatic carbocycles. The summed E-state index contributed by atoms with van der Waals surface area (Å²) < 4.78 is 43.7. The van der Waals surface area contributed by atoms with Crippen molar-refractivity contribution in [1.82, 2.24) is 5.32 Å². The van der Waals surface area contributed by atoms with Crippen LogP contribution >= 0.6 is 0 Å². The summed E-state index contributed by atoms with van der Waals surface area (Å²) in [6, 6.07) is 17.1. The molecule has 0 spiro atoms. The van der Waals surface area contributed by atoms with Crippen LogP contribution in [0.1, 0.15) is 23.6 Å². The number of rotatable bonds is 8. The summed E-state index contributed by atoms with van der Waals surface area (Å²) in [7, 11) is -2.20. The van der Waals surface area contributed by atoms with Crippen molar-refractivity contribution in [2.75, 3.05) is 18.1 Å². The maximum Gasteiger partial charge on any atom is 0.264 e. The number of aryl methyl sites for hydroxylation is 2. The third kappa shape index (κ3) is 5.35. The Bertz CT molecular complexity index is 1340. The van der Waals surface area contributed by atoms with Gasteiger partial charge in [0.1, 0.15) is 5.75 Å². The van der Waals surface area contributed by atoms with Gasteiger partial charge in [-0.25, -0.2) is 8.42 Å². The Balaban J connectivity index is 1.35. The Morgan fingerprint density at radius 1 is 1.00 bits per heavy atom. The number of carbonyl (C=O) groups excluding carboxylic acids is 1. The van der Waals surface area contributed by atoms with Crippen LogP contribution in [0.4, 0.5) is 5.69 Å². The van der Waals surface area contributed by atoms with Crippen LogP contribution in [0.25, 0.3) is 0 Å². The standard InChI is InChI=1S/C26H28N2O6S/c1-17-5-11-23(13-18(17)2)35(30,31)28(4)21-7-9-22(10-8-21)34-19(3)26(29)27-15-20-6-12-24-25(14-20)33-16-32-24/h5-14,19H,15-16H2,1-4H3,(H,27,29). The molecule has 35 heavy (non-hydrogen) atoms. The number of sulfonamides is 1. The normalized spacial score (nSPS) is 13.3. The number of hydrogen-bond donors (Lipinski definition) is 1. The van der Waals surface area contributed by atoms with Gasteiger partial charge in [0.25, 0.3) is 15.9 Å². The summed E-state index contributed by atoms with van der Waals surface area (Å²) in [6.45, 7) is 5.99. The van der Waals surface area contributed by atoms with Crippen LogP contribution < -0.4 is 23.8 Å². The molecule has 8 nitrogen and oxygen atoms in total. The molecule has 3 aromatic carbocycles. The summed E-state index contributed by atoms with van der Waals surface area (Å²) in [4.78, 5) is 12.7. The summed E-state index contributed by atoms with van der Waals surface area (Å²) in [5.41, 5.74) is 3.30. The van der Waals surface area contributed by atoms with Gasteiger partial charge >= 0.3 is 0 Å². The number of nitrogens with one attached hydrogen (secondary N) is 1. The van der Waals surface area contributed by atoms with Crippen molar-refractivity contribution in [1.29, 1.82) is 0 Å². The highest BCUT2D eigenvalue weighted by Crippen LogP contribution is 2.32. The molecule has 0 fully saturated rings. The molecule has 1 heterocycles. The zero-order chi connectivity index (χ0) is 25.2.